The van der Waals surface area contributed by atoms with E-state index in [9.17, 15) is 20.2 Å². The van der Waals surface area contributed by atoms with Crippen LogP contribution in [0.2, 0.25) is 0 Å². The first-order chi connectivity index (χ1) is 18.3. The van der Waals surface area contributed by atoms with Crippen LogP contribution in [-0.2, 0) is 0 Å². The van der Waals surface area contributed by atoms with Crippen LogP contribution in [-0.4, -0.2) is 31.2 Å². The quantitative estimate of drug-likeness (QED) is 0.174. The van der Waals surface area contributed by atoms with Crippen molar-refractivity contribution < 1.29 is 9.85 Å². The van der Waals surface area contributed by atoms with Gasteiger partial charge in [0.25, 0.3) is 11.4 Å². The standard InChI is InChI=1S/2C13H12N4O2/c2*1-10(15-16-13-4-2-3-9-14-13)11-5-7-12(8-6-11)17(18)19/h2*2-9H,1H3,(H,14,16)/b2*15-10+. The van der Waals surface area contributed by atoms with Gasteiger partial charge in [0.1, 0.15) is 11.6 Å². The first-order valence-electron chi connectivity index (χ1n) is 11.3. The maximum absolute atomic E-state index is 10.5. The smallest absolute Gasteiger partial charge is 0.261 e. The largest absolute Gasteiger partial charge is 0.269 e. The summed E-state index contributed by atoms with van der Waals surface area (Å²) in [6.07, 6.45) is 3.33. The van der Waals surface area contributed by atoms with Gasteiger partial charge in [-0.3, -0.25) is 31.1 Å². The first-order valence-corrected chi connectivity index (χ1v) is 11.3. The van der Waals surface area contributed by atoms with Gasteiger partial charge in [-0.05, 0) is 73.5 Å². The minimum absolute atomic E-state index is 0.0641. The van der Waals surface area contributed by atoms with Crippen molar-refractivity contribution in [1.82, 2.24) is 9.97 Å². The van der Waals surface area contributed by atoms with Crippen LogP contribution >= 0.6 is 0 Å². The number of aromatic nitrogens is 2. The molecule has 4 rings (SSSR count). The second kappa shape index (κ2) is 13.5. The van der Waals surface area contributed by atoms with Gasteiger partial charge in [-0.2, -0.15) is 10.2 Å². The van der Waals surface area contributed by atoms with E-state index >= 15 is 0 Å². The highest BCUT2D eigenvalue weighted by Gasteiger charge is 2.06. The number of hydrogen-bond acceptors (Lipinski definition) is 10. The maximum Gasteiger partial charge on any atom is 0.269 e. The van der Waals surface area contributed by atoms with Crippen LogP contribution in [0.3, 0.4) is 0 Å². The van der Waals surface area contributed by atoms with E-state index in [-0.39, 0.29) is 11.4 Å². The summed E-state index contributed by atoms with van der Waals surface area (Å²) in [4.78, 5) is 28.4. The summed E-state index contributed by atoms with van der Waals surface area (Å²) in [5, 5.41) is 29.4. The van der Waals surface area contributed by atoms with Crippen LogP contribution in [0, 0.1) is 20.2 Å². The molecule has 0 unspecified atom stereocenters. The topological polar surface area (TPSA) is 161 Å². The minimum Gasteiger partial charge on any atom is -0.261 e. The summed E-state index contributed by atoms with van der Waals surface area (Å²) < 4.78 is 0. The number of pyridine rings is 2. The van der Waals surface area contributed by atoms with Gasteiger partial charge in [0.2, 0.25) is 0 Å². The second-order valence-electron chi connectivity index (χ2n) is 7.66. The molecule has 2 N–H and O–H groups in total. The molecule has 0 amide bonds. The van der Waals surface area contributed by atoms with E-state index in [1.807, 2.05) is 38.1 Å². The lowest BCUT2D eigenvalue weighted by Crippen LogP contribution is -2.00. The second-order valence-corrected chi connectivity index (χ2v) is 7.66. The SMILES string of the molecule is C/C(=N\Nc1ccccn1)c1ccc([N+](=O)[O-])cc1.C/C(=N\Nc1ccccn1)c1ccc([N+](=O)[O-])cc1. The molecule has 0 atom stereocenters. The first kappa shape index (κ1) is 27.1. The zero-order valence-corrected chi connectivity index (χ0v) is 20.6. The molecule has 2 heterocycles. The Morgan fingerprint density at radius 1 is 0.632 bits per heavy atom. The lowest BCUT2D eigenvalue weighted by molar-refractivity contribution is -0.385. The fourth-order valence-electron chi connectivity index (χ4n) is 2.92. The highest BCUT2D eigenvalue weighted by molar-refractivity contribution is 5.99. The zero-order valence-electron chi connectivity index (χ0n) is 20.6. The molecule has 0 radical (unpaired) electrons. The molecule has 0 saturated carbocycles. The fraction of sp³-hybridized carbons (Fsp3) is 0.0769. The molecule has 12 heteroatoms. The Bertz CT molecular complexity index is 1300. The Kier molecular flexibility index (Phi) is 9.64. The fourth-order valence-corrected chi connectivity index (χ4v) is 2.92. The Balaban J connectivity index is 0.000000211. The molecule has 0 fully saturated rings. The summed E-state index contributed by atoms with van der Waals surface area (Å²) in [7, 11) is 0. The molecule has 0 aliphatic carbocycles. The number of nitro groups is 2. The number of non-ortho nitro benzene ring substituents is 2. The van der Waals surface area contributed by atoms with Crippen molar-refractivity contribution in [2.24, 2.45) is 10.2 Å². The Morgan fingerprint density at radius 2 is 1.00 bits per heavy atom. The third-order valence-corrected chi connectivity index (χ3v) is 5.00. The van der Waals surface area contributed by atoms with Gasteiger partial charge in [0, 0.05) is 36.7 Å². The predicted molar refractivity (Wildman–Crippen MR) is 146 cm³/mol. The highest BCUT2D eigenvalue weighted by Crippen LogP contribution is 2.14. The molecule has 2 aromatic carbocycles. The van der Waals surface area contributed by atoms with Gasteiger partial charge in [-0.1, -0.05) is 12.1 Å². The lowest BCUT2D eigenvalue weighted by atomic mass is 10.1. The maximum atomic E-state index is 10.5. The van der Waals surface area contributed by atoms with Crippen molar-refractivity contribution >= 4 is 34.4 Å². The lowest BCUT2D eigenvalue weighted by Gasteiger charge is -2.02. The summed E-state index contributed by atoms with van der Waals surface area (Å²) in [6.45, 7) is 3.63. The molecule has 0 aliphatic rings. The highest BCUT2D eigenvalue weighted by atomic mass is 16.6. The molecule has 12 nitrogen and oxygen atoms in total. The summed E-state index contributed by atoms with van der Waals surface area (Å²) >= 11 is 0. The van der Waals surface area contributed by atoms with E-state index in [2.05, 4.69) is 31.0 Å². The van der Waals surface area contributed by atoms with E-state index in [0.29, 0.717) is 11.6 Å². The van der Waals surface area contributed by atoms with Crippen molar-refractivity contribution in [1.29, 1.82) is 0 Å². The normalized spacial score (nSPS) is 11.1. The number of nitro benzene ring substituents is 2. The van der Waals surface area contributed by atoms with E-state index in [4.69, 9.17) is 0 Å². The Hall–Kier alpha value is -5.52. The van der Waals surface area contributed by atoms with Gasteiger partial charge in [-0.25, -0.2) is 9.97 Å². The number of anilines is 2. The molecule has 0 aliphatic heterocycles. The number of nitrogens with one attached hydrogen (secondary N) is 2. The van der Waals surface area contributed by atoms with E-state index in [1.165, 1.54) is 24.3 Å². The molecule has 0 spiro atoms. The van der Waals surface area contributed by atoms with Gasteiger partial charge >= 0.3 is 0 Å². The van der Waals surface area contributed by atoms with E-state index < -0.39 is 9.85 Å². The van der Waals surface area contributed by atoms with Crippen LogP contribution < -0.4 is 10.9 Å². The van der Waals surface area contributed by atoms with Crippen molar-refractivity contribution in [2.75, 3.05) is 10.9 Å². The predicted octanol–water partition coefficient (Wildman–Crippen LogP) is 5.65. The monoisotopic (exact) mass is 512 g/mol. The molecular weight excluding hydrogens is 488 g/mol. The van der Waals surface area contributed by atoms with E-state index in [1.54, 1.807) is 48.8 Å². The zero-order chi connectivity index (χ0) is 27.3. The summed E-state index contributed by atoms with van der Waals surface area (Å²) in [6, 6.07) is 23.4. The van der Waals surface area contributed by atoms with Crippen LogP contribution in [0.15, 0.2) is 108 Å². The molecule has 0 saturated heterocycles. The third-order valence-electron chi connectivity index (χ3n) is 5.00. The van der Waals surface area contributed by atoms with Crippen LogP contribution in [0.4, 0.5) is 23.0 Å². The number of nitrogens with zero attached hydrogens (tertiary/aromatic N) is 6. The molecule has 0 bridgehead atoms. The van der Waals surface area contributed by atoms with Gasteiger partial charge < -0.3 is 0 Å². The van der Waals surface area contributed by atoms with Crippen LogP contribution in [0.1, 0.15) is 25.0 Å². The van der Waals surface area contributed by atoms with E-state index in [0.717, 1.165) is 22.6 Å². The molecule has 4 aromatic rings. The van der Waals surface area contributed by atoms with Crippen LogP contribution in [0.25, 0.3) is 0 Å². The summed E-state index contributed by atoms with van der Waals surface area (Å²) in [5.74, 6) is 1.28. The molecule has 2 aromatic heterocycles. The minimum atomic E-state index is -0.428. The Morgan fingerprint density at radius 3 is 1.29 bits per heavy atom. The van der Waals surface area contributed by atoms with Crippen molar-refractivity contribution in [3.63, 3.8) is 0 Å². The van der Waals surface area contributed by atoms with Gasteiger partial charge in [0.05, 0.1) is 21.3 Å². The number of hydrazone groups is 2. The molecule has 38 heavy (non-hydrogen) atoms. The molecular formula is C26H24N8O4. The van der Waals surface area contributed by atoms with Gasteiger partial charge in [-0.15, -0.1) is 0 Å². The average Bonchev–Trinajstić information content (AvgIpc) is 2.96. The number of hydrogen-bond donors (Lipinski definition) is 2. The number of benzene rings is 2. The van der Waals surface area contributed by atoms with Crippen LogP contribution in [0.5, 0.6) is 0 Å². The molecule has 192 valence electrons. The van der Waals surface area contributed by atoms with Crippen molar-refractivity contribution in [3.05, 3.63) is 129 Å². The van der Waals surface area contributed by atoms with Gasteiger partial charge in [0.15, 0.2) is 0 Å². The third kappa shape index (κ3) is 8.30. The number of rotatable bonds is 8. The summed E-state index contributed by atoms with van der Waals surface area (Å²) in [5.41, 5.74) is 8.85. The average molecular weight is 513 g/mol. The Labute approximate surface area is 218 Å². The van der Waals surface area contributed by atoms with Crippen molar-refractivity contribution in [3.8, 4) is 0 Å². The van der Waals surface area contributed by atoms with Crippen molar-refractivity contribution in [2.45, 2.75) is 13.8 Å².